The third-order valence-electron chi connectivity index (χ3n) is 3.58. The van der Waals surface area contributed by atoms with Crippen LogP contribution in [0.25, 0.3) is 0 Å². The van der Waals surface area contributed by atoms with Crippen molar-refractivity contribution < 1.29 is 18.0 Å². The van der Waals surface area contributed by atoms with Crippen molar-refractivity contribution in [3.05, 3.63) is 52.5 Å². The van der Waals surface area contributed by atoms with E-state index in [9.17, 15) is 18.0 Å². The number of nitrogens with one attached hydrogen (secondary N) is 2. The number of rotatable bonds is 3. The maximum atomic E-state index is 13.2. The zero-order chi connectivity index (χ0) is 18.2. The highest BCUT2D eigenvalue weighted by Crippen LogP contribution is 2.37. The second-order valence-corrected chi connectivity index (χ2v) is 7.03. The minimum Gasteiger partial charge on any atom is -0.350 e. The summed E-state index contributed by atoms with van der Waals surface area (Å²) in [6.07, 6.45) is 2.58. The molecule has 0 spiro atoms. The van der Waals surface area contributed by atoms with Crippen molar-refractivity contribution in [2.45, 2.75) is 30.4 Å². The van der Waals surface area contributed by atoms with Crippen molar-refractivity contribution in [2.75, 3.05) is 0 Å². The van der Waals surface area contributed by atoms with Crippen LogP contribution in [0.3, 0.4) is 0 Å². The van der Waals surface area contributed by atoms with Crippen LogP contribution in [0.5, 0.6) is 0 Å². The molecule has 2 N–H and O–H groups in total. The van der Waals surface area contributed by atoms with E-state index in [0.717, 1.165) is 22.6 Å². The van der Waals surface area contributed by atoms with Gasteiger partial charge in [0.2, 0.25) is 0 Å². The first kappa shape index (κ1) is 17.9. The molecule has 2 unspecified atom stereocenters. The summed E-state index contributed by atoms with van der Waals surface area (Å²) in [5.74, 6) is -0.450. The highest BCUT2D eigenvalue weighted by atomic mass is 35.5. The van der Waals surface area contributed by atoms with Crippen LogP contribution in [0.4, 0.5) is 13.2 Å². The van der Waals surface area contributed by atoms with E-state index in [2.05, 4.69) is 15.7 Å². The number of halogens is 4. The first-order valence-corrected chi connectivity index (χ1v) is 8.71. The number of carbonyl (C=O) groups is 1. The fraction of sp³-hybridized carbons (Fsp3) is 0.333. The van der Waals surface area contributed by atoms with E-state index in [1.807, 2.05) is 6.08 Å². The molecule has 3 rings (SSSR count). The lowest BCUT2D eigenvalue weighted by molar-refractivity contribution is -0.144. The van der Waals surface area contributed by atoms with Gasteiger partial charge in [-0.2, -0.15) is 18.3 Å². The van der Waals surface area contributed by atoms with Crippen molar-refractivity contribution in [3.63, 3.8) is 0 Å². The number of hydrogen-bond acceptors (Lipinski definition) is 4. The summed E-state index contributed by atoms with van der Waals surface area (Å²) >= 11 is 7.03. The fourth-order valence-corrected chi connectivity index (χ4v) is 3.63. The summed E-state index contributed by atoms with van der Waals surface area (Å²) in [6.45, 7) is 1.34. The van der Waals surface area contributed by atoms with Crippen LogP contribution < -0.4 is 10.6 Å². The van der Waals surface area contributed by atoms with Gasteiger partial charge in [0.05, 0.1) is 11.6 Å². The molecule has 25 heavy (non-hydrogen) atoms. The first-order valence-electron chi connectivity index (χ1n) is 7.33. The maximum Gasteiger partial charge on any atom is 0.433 e. The van der Waals surface area contributed by atoms with Gasteiger partial charge in [-0.1, -0.05) is 17.8 Å². The van der Waals surface area contributed by atoms with E-state index in [1.54, 1.807) is 12.2 Å². The molecule has 2 heterocycles. The highest BCUT2D eigenvalue weighted by Gasteiger charge is 2.39. The number of carbonyl (C=O) groups excluding carboxylic acids is 1. The molecule has 1 aliphatic heterocycles. The molecule has 0 fully saturated rings. The number of alkyl halides is 4. The largest absolute Gasteiger partial charge is 0.433 e. The topological polar surface area (TPSA) is 59.0 Å². The molecule has 134 valence electrons. The van der Waals surface area contributed by atoms with Gasteiger partial charge in [-0.05, 0) is 31.1 Å². The minimum atomic E-state index is -4.53. The van der Waals surface area contributed by atoms with Crippen molar-refractivity contribution in [2.24, 2.45) is 0 Å². The predicted molar refractivity (Wildman–Crippen MR) is 89.4 cm³/mol. The predicted octanol–water partition coefficient (Wildman–Crippen LogP) is 3.41. The van der Waals surface area contributed by atoms with Gasteiger partial charge < -0.3 is 10.6 Å². The number of aryl methyl sites for hydroxylation is 1. The fourth-order valence-electron chi connectivity index (χ4n) is 2.48. The molecule has 1 amide bonds. The van der Waals surface area contributed by atoms with Crippen LogP contribution in [0.1, 0.15) is 23.2 Å². The van der Waals surface area contributed by atoms with Gasteiger partial charge in [-0.15, -0.1) is 11.6 Å². The van der Waals surface area contributed by atoms with Crippen molar-refractivity contribution in [1.82, 2.24) is 20.4 Å². The minimum absolute atomic E-state index is 0.0263. The Balaban J connectivity index is 1.70. The molecule has 0 radical (unpaired) electrons. The summed E-state index contributed by atoms with van der Waals surface area (Å²) < 4.78 is 40.4. The van der Waals surface area contributed by atoms with E-state index in [0.29, 0.717) is 12.1 Å². The molecule has 1 aromatic heterocycles. The molecule has 10 heteroatoms. The Kier molecular flexibility index (Phi) is 4.88. The van der Waals surface area contributed by atoms with Gasteiger partial charge in [0.1, 0.15) is 11.4 Å². The average molecular weight is 391 g/mol. The number of nitrogens with zero attached hydrogens (tertiary/aromatic N) is 2. The highest BCUT2D eigenvalue weighted by molar-refractivity contribution is 8.02. The van der Waals surface area contributed by atoms with E-state index in [1.165, 1.54) is 12.3 Å². The van der Waals surface area contributed by atoms with Crippen molar-refractivity contribution in [3.8, 4) is 0 Å². The SMILES string of the molecule is Cc1cnn(C2NC(C(=O)NC3=CC(Cl)CC=C3)=CS2)c1C(F)(F)F. The van der Waals surface area contributed by atoms with Gasteiger partial charge in [-0.25, -0.2) is 4.68 Å². The number of allylic oxidation sites excluding steroid dienone is 3. The molecular formula is C15H14ClF3N4OS. The molecule has 0 saturated carbocycles. The van der Waals surface area contributed by atoms with Gasteiger partial charge >= 0.3 is 6.18 Å². The van der Waals surface area contributed by atoms with E-state index < -0.39 is 23.3 Å². The molecule has 0 saturated heterocycles. The molecule has 1 aliphatic carbocycles. The van der Waals surface area contributed by atoms with Crippen LogP contribution in [0, 0.1) is 6.92 Å². The average Bonchev–Trinajstić information content (AvgIpc) is 3.12. The Morgan fingerprint density at radius 1 is 1.52 bits per heavy atom. The summed E-state index contributed by atoms with van der Waals surface area (Å²) in [7, 11) is 0. The van der Waals surface area contributed by atoms with Gasteiger partial charge in [-0.3, -0.25) is 4.79 Å². The van der Waals surface area contributed by atoms with Crippen molar-refractivity contribution >= 4 is 29.3 Å². The lowest BCUT2D eigenvalue weighted by Gasteiger charge is -2.18. The third-order valence-corrected chi connectivity index (χ3v) is 4.84. The summed E-state index contributed by atoms with van der Waals surface area (Å²) in [5.41, 5.74) is -0.933. The van der Waals surface area contributed by atoms with Gasteiger partial charge in [0.15, 0.2) is 5.50 Å². The Morgan fingerprint density at radius 3 is 2.96 bits per heavy atom. The molecule has 5 nitrogen and oxygen atoms in total. The zero-order valence-electron chi connectivity index (χ0n) is 13.0. The van der Waals surface area contributed by atoms with Crippen LogP contribution in [-0.2, 0) is 11.0 Å². The Bertz CT molecular complexity index is 784. The van der Waals surface area contributed by atoms with Crippen LogP contribution in [-0.4, -0.2) is 21.1 Å². The molecule has 2 aliphatic rings. The number of thioether (sulfide) groups is 1. The second kappa shape index (κ2) is 6.80. The quantitative estimate of drug-likeness (QED) is 0.776. The summed E-state index contributed by atoms with van der Waals surface area (Å²) in [6, 6.07) is 0. The number of hydrogen-bond donors (Lipinski definition) is 2. The molecule has 2 atom stereocenters. The van der Waals surface area contributed by atoms with E-state index in [-0.39, 0.29) is 16.6 Å². The monoisotopic (exact) mass is 390 g/mol. The molecule has 0 aromatic carbocycles. The maximum absolute atomic E-state index is 13.2. The third kappa shape index (κ3) is 3.87. The number of amides is 1. The standard InChI is InChI=1S/C15H14ClF3N4OS/c1-8-6-20-23(12(8)15(17,18)19)14-22-11(7-25-14)13(24)21-10-4-2-3-9(16)5-10/h2,4-7,9,14,22H,3H2,1H3,(H,21,24). The molecule has 0 bridgehead atoms. The van der Waals surface area contributed by atoms with Gasteiger partial charge in [0, 0.05) is 11.1 Å². The lowest BCUT2D eigenvalue weighted by Crippen LogP contribution is -2.33. The molecule has 1 aromatic rings. The van der Waals surface area contributed by atoms with Crippen LogP contribution in [0.15, 0.2) is 41.2 Å². The second-order valence-electron chi connectivity index (χ2n) is 5.51. The Morgan fingerprint density at radius 2 is 2.28 bits per heavy atom. The summed E-state index contributed by atoms with van der Waals surface area (Å²) in [5, 5.41) is 10.5. The van der Waals surface area contributed by atoms with Gasteiger partial charge in [0.25, 0.3) is 5.91 Å². The van der Waals surface area contributed by atoms with E-state index >= 15 is 0 Å². The lowest BCUT2D eigenvalue weighted by atomic mass is 10.1. The first-order chi connectivity index (χ1) is 11.8. The smallest absolute Gasteiger partial charge is 0.350 e. The Hall–Kier alpha value is -1.87. The van der Waals surface area contributed by atoms with E-state index in [4.69, 9.17) is 11.6 Å². The number of aromatic nitrogens is 2. The van der Waals surface area contributed by atoms with Crippen molar-refractivity contribution in [1.29, 1.82) is 0 Å². The zero-order valence-corrected chi connectivity index (χ0v) is 14.5. The molecular weight excluding hydrogens is 377 g/mol. The Labute approximate surface area is 151 Å². The normalized spacial score (nSPS) is 23.1. The van der Waals surface area contributed by atoms with Crippen LogP contribution >= 0.6 is 23.4 Å². The van der Waals surface area contributed by atoms with Crippen LogP contribution in [0.2, 0.25) is 0 Å². The summed E-state index contributed by atoms with van der Waals surface area (Å²) in [4.78, 5) is 12.3.